The van der Waals surface area contributed by atoms with E-state index in [0.29, 0.717) is 6.42 Å². The van der Waals surface area contributed by atoms with Gasteiger partial charge in [-0.05, 0) is 5.56 Å². The third kappa shape index (κ3) is 3.90. The number of nitriles is 1. The van der Waals surface area contributed by atoms with E-state index in [4.69, 9.17) is 5.26 Å². The van der Waals surface area contributed by atoms with Crippen molar-refractivity contribution in [2.75, 3.05) is 6.54 Å². The Morgan fingerprint density at radius 3 is 2.79 bits per heavy atom. The predicted molar refractivity (Wildman–Crippen MR) is 72.1 cm³/mol. The van der Waals surface area contributed by atoms with Crippen LogP contribution in [0.2, 0.25) is 0 Å². The Kier molecular flexibility index (Phi) is 4.65. The first kappa shape index (κ1) is 13.2. The van der Waals surface area contributed by atoms with Crippen LogP contribution in [0, 0.1) is 11.3 Å². The Labute approximate surface area is 112 Å². The third-order valence-corrected chi connectivity index (χ3v) is 2.88. The summed E-state index contributed by atoms with van der Waals surface area (Å²) in [5.74, 6) is 0.818. The van der Waals surface area contributed by atoms with Gasteiger partial charge in [0.1, 0.15) is 6.33 Å². The molecule has 0 amide bonds. The SMILES string of the molecule is Cn1cnc(CCNC(CC#N)c2ccccc2)n1. The van der Waals surface area contributed by atoms with Gasteiger partial charge in [0.15, 0.2) is 5.82 Å². The van der Waals surface area contributed by atoms with Crippen LogP contribution in [-0.4, -0.2) is 21.3 Å². The Morgan fingerprint density at radius 1 is 1.37 bits per heavy atom. The van der Waals surface area contributed by atoms with Crippen LogP contribution in [0.25, 0.3) is 0 Å². The average molecular weight is 255 g/mol. The van der Waals surface area contributed by atoms with Crippen molar-refractivity contribution in [1.82, 2.24) is 20.1 Å². The molecule has 0 aliphatic rings. The highest BCUT2D eigenvalue weighted by Gasteiger charge is 2.10. The molecular weight excluding hydrogens is 238 g/mol. The van der Waals surface area contributed by atoms with Crippen molar-refractivity contribution >= 4 is 0 Å². The lowest BCUT2D eigenvalue weighted by Crippen LogP contribution is -2.23. The number of nitrogens with one attached hydrogen (secondary N) is 1. The van der Waals surface area contributed by atoms with E-state index in [-0.39, 0.29) is 6.04 Å². The summed E-state index contributed by atoms with van der Waals surface area (Å²) in [7, 11) is 1.85. The van der Waals surface area contributed by atoms with Gasteiger partial charge in [-0.2, -0.15) is 10.4 Å². The van der Waals surface area contributed by atoms with Crippen molar-refractivity contribution in [2.45, 2.75) is 18.9 Å². The Balaban J connectivity index is 1.89. The van der Waals surface area contributed by atoms with Gasteiger partial charge in [0, 0.05) is 26.1 Å². The molecule has 5 heteroatoms. The van der Waals surface area contributed by atoms with Crippen molar-refractivity contribution in [3.63, 3.8) is 0 Å². The van der Waals surface area contributed by atoms with Crippen molar-refractivity contribution < 1.29 is 0 Å². The van der Waals surface area contributed by atoms with Crippen LogP contribution in [-0.2, 0) is 13.5 Å². The molecule has 1 N–H and O–H groups in total. The van der Waals surface area contributed by atoms with Crippen molar-refractivity contribution in [3.05, 3.63) is 48.0 Å². The van der Waals surface area contributed by atoms with Gasteiger partial charge in [-0.1, -0.05) is 30.3 Å². The molecule has 0 aliphatic carbocycles. The zero-order chi connectivity index (χ0) is 13.5. The van der Waals surface area contributed by atoms with Crippen LogP contribution in [0.4, 0.5) is 0 Å². The maximum Gasteiger partial charge on any atom is 0.151 e. The summed E-state index contributed by atoms with van der Waals surface area (Å²) in [6, 6.07) is 12.3. The lowest BCUT2D eigenvalue weighted by Gasteiger charge is -2.15. The molecule has 1 unspecified atom stereocenters. The molecular formula is C14H17N5. The molecule has 0 spiro atoms. The highest BCUT2D eigenvalue weighted by molar-refractivity contribution is 5.19. The first-order valence-corrected chi connectivity index (χ1v) is 6.29. The summed E-state index contributed by atoms with van der Waals surface area (Å²) >= 11 is 0. The summed E-state index contributed by atoms with van der Waals surface area (Å²) < 4.78 is 1.69. The van der Waals surface area contributed by atoms with Crippen LogP contribution < -0.4 is 5.32 Å². The number of nitrogens with zero attached hydrogens (tertiary/aromatic N) is 4. The molecule has 0 bridgehead atoms. The number of benzene rings is 1. The van der Waals surface area contributed by atoms with E-state index < -0.39 is 0 Å². The second kappa shape index (κ2) is 6.66. The summed E-state index contributed by atoms with van der Waals surface area (Å²) in [5.41, 5.74) is 1.14. The molecule has 98 valence electrons. The van der Waals surface area contributed by atoms with Gasteiger partial charge in [0.05, 0.1) is 12.5 Å². The highest BCUT2D eigenvalue weighted by Crippen LogP contribution is 2.15. The van der Waals surface area contributed by atoms with E-state index in [0.717, 1.165) is 24.4 Å². The number of aryl methyl sites for hydroxylation is 1. The van der Waals surface area contributed by atoms with Gasteiger partial charge < -0.3 is 5.32 Å². The van der Waals surface area contributed by atoms with Crippen LogP contribution in [0.1, 0.15) is 23.9 Å². The van der Waals surface area contributed by atoms with Crippen molar-refractivity contribution in [2.24, 2.45) is 7.05 Å². The molecule has 1 heterocycles. The first-order valence-electron chi connectivity index (χ1n) is 6.29. The fourth-order valence-corrected chi connectivity index (χ4v) is 1.94. The topological polar surface area (TPSA) is 66.5 Å². The fourth-order valence-electron chi connectivity index (χ4n) is 1.94. The Bertz CT molecular complexity index is 540. The van der Waals surface area contributed by atoms with Gasteiger partial charge in [-0.15, -0.1) is 0 Å². The smallest absolute Gasteiger partial charge is 0.151 e. The van der Waals surface area contributed by atoms with Crippen LogP contribution in [0.5, 0.6) is 0 Å². The number of rotatable bonds is 6. The second-order valence-corrected chi connectivity index (χ2v) is 4.36. The van der Waals surface area contributed by atoms with Gasteiger partial charge in [0.25, 0.3) is 0 Å². The summed E-state index contributed by atoms with van der Waals surface area (Å²) in [4.78, 5) is 4.18. The molecule has 0 radical (unpaired) electrons. The Morgan fingerprint density at radius 2 is 2.16 bits per heavy atom. The lowest BCUT2D eigenvalue weighted by atomic mass is 10.0. The quantitative estimate of drug-likeness (QED) is 0.851. The number of hydrogen-bond acceptors (Lipinski definition) is 4. The lowest BCUT2D eigenvalue weighted by molar-refractivity contribution is 0.539. The van der Waals surface area contributed by atoms with Gasteiger partial charge >= 0.3 is 0 Å². The highest BCUT2D eigenvalue weighted by atomic mass is 15.3. The molecule has 0 fully saturated rings. The van der Waals surface area contributed by atoms with E-state index >= 15 is 0 Å². The molecule has 2 rings (SSSR count). The van der Waals surface area contributed by atoms with Crippen molar-refractivity contribution in [1.29, 1.82) is 5.26 Å². The normalized spacial score (nSPS) is 12.0. The van der Waals surface area contributed by atoms with E-state index in [2.05, 4.69) is 21.5 Å². The molecule has 1 atom stereocenters. The molecule has 0 aliphatic heterocycles. The fraction of sp³-hybridized carbons (Fsp3) is 0.357. The molecule has 1 aromatic carbocycles. The minimum Gasteiger partial charge on any atom is -0.309 e. The molecule has 0 saturated carbocycles. The van der Waals surface area contributed by atoms with Gasteiger partial charge in [-0.3, -0.25) is 4.68 Å². The van der Waals surface area contributed by atoms with Gasteiger partial charge in [0.2, 0.25) is 0 Å². The predicted octanol–water partition coefficient (Wildman–Crippen LogP) is 1.60. The maximum absolute atomic E-state index is 8.90. The molecule has 19 heavy (non-hydrogen) atoms. The third-order valence-electron chi connectivity index (χ3n) is 2.88. The molecule has 2 aromatic rings. The van der Waals surface area contributed by atoms with E-state index in [1.807, 2.05) is 37.4 Å². The number of aromatic nitrogens is 3. The van der Waals surface area contributed by atoms with Crippen LogP contribution in [0.3, 0.4) is 0 Å². The second-order valence-electron chi connectivity index (χ2n) is 4.36. The Hall–Kier alpha value is -2.19. The van der Waals surface area contributed by atoms with Crippen LogP contribution >= 0.6 is 0 Å². The zero-order valence-corrected chi connectivity index (χ0v) is 11.0. The number of hydrogen-bond donors (Lipinski definition) is 1. The van der Waals surface area contributed by atoms with E-state index in [1.165, 1.54) is 0 Å². The summed E-state index contributed by atoms with van der Waals surface area (Å²) in [6.45, 7) is 0.755. The van der Waals surface area contributed by atoms with E-state index in [9.17, 15) is 0 Å². The molecule has 0 saturated heterocycles. The molecule has 5 nitrogen and oxygen atoms in total. The standard InChI is InChI=1S/C14H17N5/c1-19-11-17-14(18-19)8-10-16-13(7-9-15)12-5-3-2-4-6-12/h2-6,11,13,16H,7-8,10H2,1H3. The van der Waals surface area contributed by atoms with Crippen molar-refractivity contribution in [3.8, 4) is 6.07 Å². The largest absolute Gasteiger partial charge is 0.309 e. The summed E-state index contributed by atoms with van der Waals surface area (Å²) in [5, 5.41) is 16.5. The maximum atomic E-state index is 8.90. The minimum atomic E-state index is 0.0647. The average Bonchev–Trinajstić information content (AvgIpc) is 2.84. The van der Waals surface area contributed by atoms with Crippen LogP contribution in [0.15, 0.2) is 36.7 Å². The first-order chi connectivity index (χ1) is 9.29. The monoisotopic (exact) mass is 255 g/mol. The minimum absolute atomic E-state index is 0.0647. The summed E-state index contributed by atoms with van der Waals surface area (Å²) in [6.07, 6.45) is 2.91. The van der Waals surface area contributed by atoms with Gasteiger partial charge in [-0.25, -0.2) is 4.98 Å². The van der Waals surface area contributed by atoms with E-state index in [1.54, 1.807) is 11.0 Å². The molecule has 1 aromatic heterocycles. The zero-order valence-electron chi connectivity index (χ0n) is 11.0.